The summed E-state index contributed by atoms with van der Waals surface area (Å²) in [6.07, 6.45) is 2.71. The maximum absolute atomic E-state index is 12.8. The Morgan fingerprint density at radius 1 is 1.06 bits per heavy atom. The predicted molar refractivity (Wildman–Crippen MR) is 106 cm³/mol. The van der Waals surface area contributed by atoms with E-state index in [0.29, 0.717) is 31.9 Å². The number of rotatable bonds is 2. The quantitative estimate of drug-likeness (QED) is 0.734. The number of hydrogen-bond acceptors (Lipinski definition) is 7. The molecule has 0 aromatic carbocycles. The Kier molecular flexibility index (Phi) is 7.23. The van der Waals surface area contributed by atoms with Gasteiger partial charge in [0.15, 0.2) is 0 Å². The largest absolute Gasteiger partial charge is 0.490 e. The number of aliphatic carboxylic acids is 1. The molecule has 1 amide bonds. The van der Waals surface area contributed by atoms with E-state index < -0.39 is 12.1 Å². The molecule has 4 heterocycles. The SMILES string of the molecule is O=C(O)C(F)(F)F.O=C(c1ccncc1)N1CCOCC2(CCN(c3ncccn3)C2)C1. The lowest BCUT2D eigenvalue weighted by atomic mass is 9.87. The fraction of sp³-hybridized carbons (Fsp3) is 0.450. The number of alkyl halides is 3. The number of hydrogen-bond donors (Lipinski definition) is 1. The highest BCUT2D eigenvalue weighted by Crippen LogP contribution is 2.35. The summed E-state index contributed by atoms with van der Waals surface area (Å²) in [5, 5.41) is 7.12. The van der Waals surface area contributed by atoms with E-state index >= 15 is 0 Å². The number of carboxylic acids is 1. The standard InChI is InChI=1S/C18H21N5O2.C2HF3O2/c24-16(15-2-7-19-8-3-15)22-10-11-25-14-18(12-22)4-9-23(13-18)17-20-5-1-6-21-17;3-2(4,5)1(6)7/h1-3,5-8H,4,9-14H2;(H,6,7). The molecule has 0 aliphatic carbocycles. The Hall–Kier alpha value is -3.28. The van der Waals surface area contributed by atoms with Crippen molar-refractivity contribution in [3.05, 3.63) is 48.5 Å². The fourth-order valence-electron chi connectivity index (χ4n) is 3.65. The number of aromatic nitrogens is 3. The molecule has 0 radical (unpaired) electrons. The van der Waals surface area contributed by atoms with Crippen LogP contribution in [0.25, 0.3) is 0 Å². The molecule has 2 saturated heterocycles. The number of carboxylic acid groups (broad SMARTS) is 1. The third-order valence-electron chi connectivity index (χ3n) is 5.17. The molecule has 2 aliphatic rings. The van der Waals surface area contributed by atoms with Crippen LogP contribution in [0.1, 0.15) is 16.8 Å². The van der Waals surface area contributed by atoms with Crippen molar-refractivity contribution in [2.45, 2.75) is 12.6 Å². The molecule has 2 aliphatic heterocycles. The molecular weight excluding hydrogens is 431 g/mol. The van der Waals surface area contributed by atoms with Gasteiger partial charge in [-0.15, -0.1) is 0 Å². The zero-order chi connectivity index (χ0) is 23.2. The maximum atomic E-state index is 12.8. The highest BCUT2D eigenvalue weighted by molar-refractivity contribution is 5.94. The van der Waals surface area contributed by atoms with Crippen LogP contribution in [0.15, 0.2) is 43.0 Å². The number of anilines is 1. The Morgan fingerprint density at radius 2 is 1.72 bits per heavy atom. The van der Waals surface area contributed by atoms with E-state index in [-0.39, 0.29) is 11.3 Å². The van der Waals surface area contributed by atoms with Crippen LogP contribution in [-0.4, -0.2) is 82.4 Å². The second kappa shape index (κ2) is 9.90. The van der Waals surface area contributed by atoms with E-state index in [4.69, 9.17) is 14.6 Å². The molecule has 32 heavy (non-hydrogen) atoms. The monoisotopic (exact) mass is 453 g/mol. The van der Waals surface area contributed by atoms with Crippen LogP contribution in [0.4, 0.5) is 19.1 Å². The second-order valence-electron chi connectivity index (χ2n) is 7.54. The van der Waals surface area contributed by atoms with Gasteiger partial charge in [0.05, 0.1) is 13.2 Å². The Morgan fingerprint density at radius 3 is 2.34 bits per heavy atom. The van der Waals surface area contributed by atoms with Gasteiger partial charge in [0.2, 0.25) is 5.95 Å². The number of halogens is 3. The van der Waals surface area contributed by atoms with E-state index in [1.54, 1.807) is 36.9 Å². The summed E-state index contributed by atoms with van der Waals surface area (Å²) in [5.74, 6) is -1.97. The molecular formula is C20H22F3N5O4. The lowest BCUT2D eigenvalue weighted by Gasteiger charge is -2.31. The molecule has 1 spiro atoms. The van der Waals surface area contributed by atoms with Gasteiger partial charge in [-0.25, -0.2) is 14.8 Å². The smallest absolute Gasteiger partial charge is 0.475 e. The Labute approximate surface area is 181 Å². The van der Waals surface area contributed by atoms with Gasteiger partial charge in [0.1, 0.15) is 0 Å². The first-order valence-electron chi connectivity index (χ1n) is 9.79. The summed E-state index contributed by atoms with van der Waals surface area (Å²) in [7, 11) is 0. The lowest BCUT2D eigenvalue weighted by Crippen LogP contribution is -2.43. The first-order chi connectivity index (χ1) is 15.2. The number of nitrogens with zero attached hydrogens (tertiary/aromatic N) is 5. The van der Waals surface area contributed by atoms with Crippen molar-refractivity contribution in [2.75, 3.05) is 44.3 Å². The van der Waals surface area contributed by atoms with Crippen molar-refractivity contribution in [1.82, 2.24) is 19.9 Å². The number of ether oxygens (including phenoxy) is 1. The first-order valence-corrected chi connectivity index (χ1v) is 9.79. The highest BCUT2D eigenvalue weighted by Gasteiger charge is 2.43. The van der Waals surface area contributed by atoms with Crippen LogP contribution in [0.3, 0.4) is 0 Å². The normalized spacial score (nSPS) is 21.0. The minimum Gasteiger partial charge on any atom is -0.475 e. The van der Waals surface area contributed by atoms with Gasteiger partial charge < -0.3 is 19.6 Å². The topological polar surface area (TPSA) is 109 Å². The van der Waals surface area contributed by atoms with Crippen LogP contribution in [0, 0.1) is 5.41 Å². The Balaban J connectivity index is 0.000000360. The number of amides is 1. The molecule has 9 nitrogen and oxygen atoms in total. The van der Waals surface area contributed by atoms with E-state index in [0.717, 1.165) is 25.5 Å². The van der Waals surface area contributed by atoms with Crippen molar-refractivity contribution >= 4 is 17.8 Å². The molecule has 172 valence electrons. The molecule has 2 aromatic rings. The second-order valence-corrected chi connectivity index (χ2v) is 7.54. The third kappa shape index (κ3) is 5.90. The molecule has 1 unspecified atom stereocenters. The van der Waals surface area contributed by atoms with Gasteiger partial charge in [0, 0.05) is 61.9 Å². The summed E-state index contributed by atoms with van der Waals surface area (Å²) in [6, 6.07) is 5.35. The summed E-state index contributed by atoms with van der Waals surface area (Å²) in [6.45, 7) is 4.22. The maximum Gasteiger partial charge on any atom is 0.490 e. The molecule has 12 heteroatoms. The van der Waals surface area contributed by atoms with E-state index in [9.17, 15) is 18.0 Å². The van der Waals surface area contributed by atoms with Crippen molar-refractivity contribution in [3.63, 3.8) is 0 Å². The van der Waals surface area contributed by atoms with E-state index in [1.165, 1.54) is 0 Å². The van der Waals surface area contributed by atoms with Gasteiger partial charge >= 0.3 is 12.1 Å². The minimum atomic E-state index is -5.08. The van der Waals surface area contributed by atoms with Gasteiger partial charge in [-0.05, 0) is 24.6 Å². The van der Waals surface area contributed by atoms with Crippen LogP contribution >= 0.6 is 0 Å². The van der Waals surface area contributed by atoms with Crippen LogP contribution in [-0.2, 0) is 9.53 Å². The highest BCUT2D eigenvalue weighted by atomic mass is 19.4. The van der Waals surface area contributed by atoms with Crippen LogP contribution < -0.4 is 4.90 Å². The molecule has 1 atom stereocenters. The average Bonchev–Trinajstić information content (AvgIpc) is 3.08. The summed E-state index contributed by atoms with van der Waals surface area (Å²) in [4.78, 5) is 38.5. The fourth-order valence-corrected chi connectivity index (χ4v) is 3.65. The van der Waals surface area contributed by atoms with Crippen LogP contribution in [0.5, 0.6) is 0 Å². The van der Waals surface area contributed by atoms with Crippen LogP contribution in [0.2, 0.25) is 0 Å². The third-order valence-corrected chi connectivity index (χ3v) is 5.17. The van der Waals surface area contributed by atoms with Gasteiger partial charge in [-0.3, -0.25) is 9.78 Å². The Bertz CT molecular complexity index is 916. The van der Waals surface area contributed by atoms with Crippen molar-refractivity contribution in [2.24, 2.45) is 5.41 Å². The molecule has 4 rings (SSSR count). The zero-order valence-electron chi connectivity index (χ0n) is 17.0. The molecule has 2 fully saturated rings. The van der Waals surface area contributed by atoms with Gasteiger partial charge in [-0.1, -0.05) is 0 Å². The minimum absolute atomic E-state index is 0.0432. The zero-order valence-corrected chi connectivity index (χ0v) is 17.0. The lowest BCUT2D eigenvalue weighted by molar-refractivity contribution is -0.192. The molecule has 1 N–H and O–H groups in total. The average molecular weight is 453 g/mol. The molecule has 0 saturated carbocycles. The van der Waals surface area contributed by atoms with Crippen molar-refractivity contribution < 1.29 is 32.6 Å². The number of carbonyl (C=O) groups excluding carboxylic acids is 1. The summed E-state index contributed by atoms with van der Waals surface area (Å²) < 4.78 is 37.6. The number of carbonyl (C=O) groups is 2. The van der Waals surface area contributed by atoms with Gasteiger partial charge in [0.25, 0.3) is 5.91 Å². The number of pyridine rings is 1. The van der Waals surface area contributed by atoms with E-state index in [1.807, 2.05) is 11.0 Å². The first kappa shape index (κ1) is 23.4. The van der Waals surface area contributed by atoms with Crippen molar-refractivity contribution in [1.29, 1.82) is 0 Å². The van der Waals surface area contributed by atoms with E-state index in [2.05, 4.69) is 19.9 Å². The molecule has 0 bridgehead atoms. The van der Waals surface area contributed by atoms with Crippen molar-refractivity contribution in [3.8, 4) is 0 Å². The predicted octanol–water partition coefficient (Wildman–Crippen LogP) is 1.87. The molecule has 2 aromatic heterocycles. The summed E-state index contributed by atoms with van der Waals surface area (Å²) >= 11 is 0. The summed E-state index contributed by atoms with van der Waals surface area (Å²) in [5.41, 5.74) is 0.603. The van der Waals surface area contributed by atoms with Gasteiger partial charge in [-0.2, -0.15) is 13.2 Å².